The second-order valence-electron chi connectivity index (χ2n) is 3.33. The van der Waals surface area contributed by atoms with Crippen molar-refractivity contribution in [3.63, 3.8) is 0 Å². The van der Waals surface area contributed by atoms with Gasteiger partial charge < -0.3 is 10.1 Å². The van der Waals surface area contributed by atoms with E-state index in [1.54, 1.807) is 0 Å². The monoisotopic (exact) mass is 143 g/mol. The van der Waals surface area contributed by atoms with Gasteiger partial charge in [-0.1, -0.05) is 13.8 Å². The summed E-state index contributed by atoms with van der Waals surface area (Å²) in [6.07, 6.45) is 1.65. The average molecular weight is 143 g/mol. The normalized spacial score (nSPS) is 27.3. The molecule has 0 aromatic carbocycles. The molecule has 0 spiro atoms. The molecule has 0 bridgehead atoms. The molecular weight excluding hydrogens is 126 g/mol. The molecule has 0 aromatic heterocycles. The van der Waals surface area contributed by atoms with E-state index in [1.807, 2.05) is 0 Å². The Morgan fingerprint density at radius 3 is 2.90 bits per heavy atom. The van der Waals surface area contributed by atoms with Crippen LogP contribution in [-0.4, -0.2) is 25.8 Å². The third kappa shape index (κ3) is 2.67. The topological polar surface area (TPSA) is 21.3 Å². The van der Waals surface area contributed by atoms with Crippen LogP contribution in [0.4, 0.5) is 0 Å². The molecule has 1 unspecified atom stereocenters. The molecule has 10 heavy (non-hydrogen) atoms. The molecule has 0 radical (unpaired) electrons. The number of hydrogen-bond acceptors (Lipinski definition) is 2. The molecule has 60 valence electrons. The van der Waals surface area contributed by atoms with Crippen LogP contribution in [-0.2, 0) is 4.74 Å². The molecule has 1 aliphatic heterocycles. The minimum absolute atomic E-state index is 0.466. The summed E-state index contributed by atoms with van der Waals surface area (Å²) >= 11 is 0. The predicted octanol–water partition coefficient (Wildman–Crippen LogP) is 1.02. The fraction of sp³-hybridized carbons (Fsp3) is 1.00. The summed E-state index contributed by atoms with van der Waals surface area (Å²) in [4.78, 5) is 0. The van der Waals surface area contributed by atoms with Gasteiger partial charge in [-0.25, -0.2) is 0 Å². The van der Waals surface area contributed by atoms with E-state index in [0.717, 1.165) is 25.6 Å². The molecule has 2 nitrogen and oxygen atoms in total. The number of ether oxygens (including phenoxy) is 1. The third-order valence-corrected chi connectivity index (χ3v) is 1.74. The molecule has 1 heterocycles. The highest BCUT2D eigenvalue weighted by Crippen LogP contribution is 2.08. The molecule has 0 aliphatic carbocycles. The van der Waals surface area contributed by atoms with Crippen molar-refractivity contribution in [3.05, 3.63) is 0 Å². The summed E-state index contributed by atoms with van der Waals surface area (Å²) in [6.45, 7) is 7.42. The van der Waals surface area contributed by atoms with E-state index < -0.39 is 0 Å². The van der Waals surface area contributed by atoms with Crippen molar-refractivity contribution in [3.8, 4) is 0 Å². The molecule has 1 N–H and O–H groups in total. The van der Waals surface area contributed by atoms with Gasteiger partial charge in [0.15, 0.2) is 0 Å². The molecule has 1 fully saturated rings. The highest BCUT2D eigenvalue weighted by molar-refractivity contribution is 4.67. The van der Waals surface area contributed by atoms with Crippen molar-refractivity contribution >= 4 is 0 Å². The van der Waals surface area contributed by atoms with E-state index in [1.165, 1.54) is 6.42 Å². The SMILES string of the molecule is CC(C)CC1CNCCO1. The largest absolute Gasteiger partial charge is 0.376 e. The van der Waals surface area contributed by atoms with Gasteiger partial charge in [0.25, 0.3) is 0 Å². The van der Waals surface area contributed by atoms with E-state index in [4.69, 9.17) is 4.74 Å². The number of nitrogens with one attached hydrogen (secondary N) is 1. The van der Waals surface area contributed by atoms with E-state index in [9.17, 15) is 0 Å². The second-order valence-corrected chi connectivity index (χ2v) is 3.33. The van der Waals surface area contributed by atoms with Crippen molar-refractivity contribution in [2.24, 2.45) is 5.92 Å². The Hall–Kier alpha value is -0.0800. The van der Waals surface area contributed by atoms with Crippen LogP contribution in [0.1, 0.15) is 20.3 Å². The van der Waals surface area contributed by atoms with E-state index in [0.29, 0.717) is 6.10 Å². The lowest BCUT2D eigenvalue weighted by Crippen LogP contribution is -2.39. The van der Waals surface area contributed by atoms with Crippen molar-refractivity contribution in [2.45, 2.75) is 26.4 Å². The first-order chi connectivity index (χ1) is 4.79. The van der Waals surface area contributed by atoms with Gasteiger partial charge in [-0.05, 0) is 12.3 Å². The number of rotatable bonds is 2. The summed E-state index contributed by atoms with van der Waals surface area (Å²) in [5, 5.41) is 3.32. The van der Waals surface area contributed by atoms with Crippen molar-refractivity contribution < 1.29 is 4.74 Å². The zero-order valence-electron chi connectivity index (χ0n) is 6.89. The highest BCUT2D eigenvalue weighted by Gasteiger charge is 2.13. The van der Waals surface area contributed by atoms with Crippen LogP contribution in [0.5, 0.6) is 0 Å². The Bertz CT molecular complexity index is 87.3. The Balaban J connectivity index is 2.13. The Labute approximate surface area is 63.0 Å². The smallest absolute Gasteiger partial charge is 0.0702 e. The fourth-order valence-corrected chi connectivity index (χ4v) is 1.30. The average Bonchev–Trinajstić information content (AvgIpc) is 1.88. The molecule has 2 heteroatoms. The standard InChI is InChI=1S/C8H17NO/c1-7(2)5-8-6-9-3-4-10-8/h7-9H,3-6H2,1-2H3. The van der Waals surface area contributed by atoms with Gasteiger partial charge in [0.05, 0.1) is 12.7 Å². The van der Waals surface area contributed by atoms with Crippen LogP contribution in [0, 0.1) is 5.92 Å². The molecule has 1 rings (SSSR count). The van der Waals surface area contributed by atoms with Gasteiger partial charge in [-0.15, -0.1) is 0 Å². The van der Waals surface area contributed by atoms with E-state index in [2.05, 4.69) is 19.2 Å². The van der Waals surface area contributed by atoms with Gasteiger partial charge in [0.2, 0.25) is 0 Å². The van der Waals surface area contributed by atoms with Crippen LogP contribution in [0.3, 0.4) is 0 Å². The minimum Gasteiger partial charge on any atom is -0.376 e. The van der Waals surface area contributed by atoms with Crippen molar-refractivity contribution in [2.75, 3.05) is 19.7 Å². The third-order valence-electron chi connectivity index (χ3n) is 1.74. The van der Waals surface area contributed by atoms with Crippen LogP contribution >= 0.6 is 0 Å². The number of hydrogen-bond donors (Lipinski definition) is 1. The summed E-state index contributed by atoms with van der Waals surface area (Å²) in [5.74, 6) is 0.755. The first-order valence-corrected chi connectivity index (χ1v) is 4.11. The second kappa shape index (κ2) is 3.94. The maximum Gasteiger partial charge on any atom is 0.0702 e. The quantitative estimate of drug-likeness (QED) is 0.623. The lowest BCUT2D eigenvalue weighted by Gasteiger charge is -2.24. The zero-order valence-corrected chi connectivity index (χ0v) is 6.89. The Kier molecular flexibility index (Phi) is 3.16. The maximum atomic E-state index is 5.53. The lowest BCUT2D eigenvalue weighted by atomic mass is 10.1. The summed E-state index contributed by atoms with van der Waals surface area (Å²) < 4.78 is 5.53. The molecule has 1 atom stereocenters. The zero-order chi connectivity index (χ0) is 7.40. The molecule has 1 aliphatic rings. The minimum atomic E-state index is 0.466. The highest BCUT2D eigenvalue weighted by atomic mass is 16.5. The van der Waals surface area contributed by atoms with Gasteiger partial charge >= 0.3 is 0 Å². The molecule has 0 aromatic rings. The molecule has 0 amide bonds. The Morgan fingerprint density at radius 2 is 2.40 bits per heavy atom. The van der Waals surface area contributed by atoms with Gasteiger partial charge in [-0.2, -0.15) is 0 Å². The lowest BCUT2D eigenvalue weighted by molar-refractivity contribution is 0.0163. The van der Waals surface area contributed by atoms with Crippen molar-refractivity contribution in [1.29, 1.82) is 0 Å². The fourth-order valence-electron chi connectivity index (χ4n) is 1.30. The van der Waals surface area contributed by atoms with Crippen LogP contribution < -0.4 is 5.32 Å². The van der Waals surface area contributed by atoms with Crippen LogP contribution in [0.2, 0.25) is 0 Å². The van der Waals surface area contributed by atoms with Crippen LogP contribution in [0.25, 0.3) is 0 Å². The number of morpholine rings is 1. The van der Waals surface area contributed by atoms with Gasteiger partial charge in [-0.3, -0.25) is 0 Å². The molecular formula is C8H17NO. The Morgan fingerprint density at radius 1 is 1.60 bits per heavy atom. The van der Waals surface area contributed by atoms with E-state index in [-0.39, 0.29) is 0 Å². The summed E-state index contributed by atoms with van der Waals surface area (Å²) in [7, 11) is 0. The summed E-state index contributed by atoms with van der Waals surface area (Å²) in [6, 6.07) is 0. The van der Waals surface area contributed by atoms with Gasteiger partial charge in [0.1, 0.15) is 0 Å². The molecule has 0 saturated carbocycles. The van der Waals surface area contributed by atoms with Crippen LogP contribution in [0.15, 0.2) is 0 Å². The van der Waals surface area contributed by atoms with E-state index >= 15 is 0 Å². The van der Waals surface area contributed by atoms with Crippen molar-refractivity contribution in [1.82, 2.24) is 5.32 Å². The first-order valence-electron chi connectivity index (χ1n) is 4.11. The predicted molar refractivity (Wildman–Crippen MR) is 42.1 cm³/mol. The molecule has 1 saturated heterocycles. The first kappa shape index (κ1) is 8.02. The summed E-state index contributed by atoms with van der Waals surface area (Å²) in [5.41, 5.74) is 0. The maximum absolute atomic E-state index is 5.53. The van der Waals surface area contributed by atoms with Gasteiger partial charge in [0, 0.05) is 13.1 Å².